The van der Waals surface area contributed by atoms with E-state index >= 15 is 0 Å². The SMILES string of the molecule is O=C(NCc1ccccc1Cl)c1ccc(NS(=O)(=O)c2ccc3c(c2)OCCCO3)cc1. The molecule has 0 fully saturated rings. The first-order valence-corrected chi connectivity index (χ1v) is 11.8. The zero-order valence-corrected chi connectivity index (χ0v) is 18.6. The second kappa shape index (κ2) is 9.50. The molecule has 1 amide bonds. The van der Waals surface area contributed by atoms with Crippen LogP contribution >= 0.6 is 11.6 Å². The molecule has 3 aromatic rings. The normalized spacial score (nSPS) is 13.2. The molecule has 0 spiro atoms. The molecule has 0 aliphatic carbocycles. The van der Waals surface area contributed by atoms with Crippen LogP contribution in [0.2, 0.25) is 5.02 Å². The summed E-state index contributed by atoms with van der Waals surface area (Å²) in [6.07, 6.45) is 0.729. The summed E-state index contributed by atoms with van der Waals surface area (Å²) in [4.78, 5) is 12.5. The van der Waals surface area contributed by atoms with Gasteiger partial charge in [0, 0.05) is 35.3 Å². The zero-order chi connectivity index (χ0) is 22.6. The summed E-state index contributed by atoms with van der Waals surface area (Å²) in [5.41, 5.74) is 1.54. The molecule has 0 bridgehead atoms. The molecule has 32 heavy (non-hydrogen) atoms. The Morgan fingerprint density at radius 1 is 0.938 bits per heavy atom. The molecule has 0 aromatic heterocycles. The summed E-state index contributed by atoms with van der Waals surface area (Å²) in [6.45, 7) is 1.27. The van der Waals surface area contributed by atoms with Crippen LogP contribution in [0.4, 0.5) is 5.69 Å². The van der Waals surface area contributed by atoms with Gasteiger partial charge in [0.2, 0.25) is 0 Å². The van der Waals surface area contributed by atoms with E-state index in [1.807, 2.05) is 18.2 Å². The first-order chi connectivity index (χ1) is 15.4. The molecule has 1 heterocycles. The van der Waals surface area contributed by atoms with Gasteiger partial charge in [-0.15, -0.1) is 0 Å². The van der Waals surface area contributed by atoms with Crippen molar-refractivity contribution in [3.63, 3.8) is 0 Å². The van der Waals surface area contributed by atoms with Crippen molar-refractivity contribution in [1.29, 1.82) is 0 Å². The van der Waals surface area contributed by atoms with Crippen LogP contribution in [0, 0.1) is 0 Å². The van der Waals surface area contributed by atoms with Crippen LogP contribution in [-0.2, 0) is 16.6 Å². The minimum atomic E-state index is -3.84. The van der Waals surface area contributed by atoms with E-state index in [0.717, 1.165) is 12.0 Å². The molecule has 7 nitrogen and oxygen atoms in total. The number of rotatable bonds is 6. The van der Waals surface area contributed by atoms with Crippen molar-refractivity contribution >= 4 is 33.2 Å². The molecule has 0 unspecified atom stereocenters. The molecule has 1 aliphatic heterocycles. The minimum absolute atomic E-state index is 0.0586. The third-order valence-electron chi connectivity index (χ3n) is 4.83. The topological polar surface area (TPSA) is 93.7 Å². The van der Waals surface area contributed by atoms with Gasteiger partial charge in [-0.1, -0.05) is 29.8 Å². The van der Waals surface area contributed by atoms with Gasteiger partial charge in [-0.3, -0.25) is 9.52 Å². The highest BCUT2D eigenvalue weighted by molar-refractivity contribution is 7.92. The Morgan fingerprint density at radius 2 is 1.66 bits per heavy atom. The van der Waals surface area contributed by atoms with Crippen molar-refractivity contribution in [2.24, 2.45) is 0 Å². The summed E-state index contributed by atoms with van der Waals surface area (Å²) in [5.74, 6) is 0.631. The fourth-order valence-electron chi connectivity index (χ4n) is 3.13. The number of ether oxygens (including phenoxy) is 2. The number of halogens is 1. The maximum atomic E-state index is 12.8. The first-order valence-electron chi connectivity index (χ1n) is 9.96. The molecule has 0 saturated carbocycles. The lowest BCUT2D eigenvalue weighted by Crippen LogP contribution is -2.23. The lowest BCUT2D eigenvalue weighted by Gasteiger charge is -2.12. The number of sulfonamides is 1. The van der Waals surface area contributed by atoms with E-state index in [-0.39, 0.29) is 17.3 Å². The van der Waals surface area contributed by atoms with Crippen molar-refractivity contribution < 1.29 is 22.7 Å². The largest absolute Gasteiger partial charge is 0.490 e. The number of carbonyl (C=O) groups excluding carboxylic acids is 1. The van der Waals surface area contributed by atoms with Crippen LogP contribution in [0.5, 0.6) is 11.5 Å². The van der Waals surface area contributed by atoms with Crippen molar-refractivity contribution in [1.82, 2.24) is 5.32 Å². The number of hydrogen-bond donors (Lipinski definition) is 2. The Labute approximate surface area is 191 Å². The van der Waals surface area contributed by atoms with E-state index < -0.39 is 10.0 Å². The fourth-order valence-corrected chi connectivity index (χ4v) is 4.41. The fraction of sp³-hybridized carbons (Fsp3) is 0.174. The van der Waals surface area contributed by atoms with Gasteiger partial charge < -0.3 is 14.8 Å². The van der Waals surface area contributed by atoms with E-state index in [2.05, 4.69) is 10.0 Å². The second-order valence-electron chi connectivity index (χ2n) is 7.12. The molecule has 2 N–H and O–H groups in total. The van der Waals surface area contributed by atoms with E-state index in [1.165, 1.54) is 24.3 Å². The highest BCUT2D eigenvalue weighted by Gasteiger charge is 2.19. The van der Waals surface area contributed by atoms with E-state index in [1.54, 1.807) is 24.3 Å². The van der Waals surface area contributed by atoms with Crippen molar-refractivity contribution in [2.75, 3.05) is 17.9 Å². The van der Waals surface area contributed by atoms with E-state index in [4.69, 9.17) is 21.1 Å². The van der Waals surface area contributed by atoms with Crippen LogP contribution in [0.15, 0.2) is 71.6 Å². The Kier molecular flexibility index (Phi) is 6.53. The minimum Gasteiger partial charge on any atom is -0.490 e. The molecular formula is C23H21ClN2O5S. The lowest BCUT2D eigenvalue weighted by molar-refractivity contribution is 0.0951. The average Bonchev–Trinajstić information content (AvgIpc) is 3.03. The number of benzene rings is 3. The quantitative estimate of drug-likeness (QED) is 0.560. The average molecular weight is 473 g/mol. The van der Waals surface area contributed by atoms with Gasteiger partial charge in [-0.05, 0) is 48.0 Å². The maximum Gasteiger partial charge on any atom is 0.262 e. The number of fused-ring (bicyclic) bond motifs is 1. The number of amides is 1. The van der Waals surface area contributed by atoms with Gasteiger partial charge in [0.05, 0.1) is 18.1 Å². The Balaban J connectivity index is 1.42. The first kappa shape index (κ1) is 22.0. The van der Waals surface area contributed by atoms with Crippen LogP contribution in [0.3, 0.4) is 0 Å². The second-order valence-corrected chi connectivity index (χ2v) is 9.21. The summed E-state index contributed by atoms with van der Waals surface area (Å²) >= 11 is 6.10. The molecule has 0 radical (unpaired) electrons. The molecule has 3 aromatic carbocycles. The van der Waals surface area contributed by atoms with Crippen LogP contribution < -0.4 is 19.5 Å². The van der Waals surface area contributed by atoms with Crippen molar-refractivity contribution in [3.8, 4) is 11.5 Å². The van der Waals surface area contributed by atoms with Gasteiger partial charge in [0.15, 0.2) is 11.5 Å². The molecule has 0 saturated heterocycles. The molecular weight excluding hydrogens is 452 g/mol. The van der Waals surface area contributed by atoms with Crippen LogP contribution in [0.25, 0.3) is 0 Å². The van der Waals surface area contributed by atoms with Crippen molar-refractivity contribution in [2.45, 2.75) is 17.9 Å². The standard InChI is InChI=1S/C23H21ClN2O5S/c24-20-5-2-1-4-17(20)15-25-23(27)16-6-8-18(9-7-16)26-32(28,29)19-10-11-21-22(14-19)31-13-3-12-30-21/h1-2,4-11,14,26H,3,12-13,15H2,(H,25,27). The third kappa shape index (κ3) is 5.15. The Morgan fingerprint density at radius 3 is 2.41 bits per heavy atom. The third-order valence-corrected chi connectivity index (χ3v) is 6.57. The van der Waals surface area contributed by atoms with Crippen LogP contribution in [0.1, 0.15) is 22.3 Å². The molecule has 9 heteroatoms. The monoisotopic (exact) mass is 472 g/mol. The summed E-state index contributed by atoms with van der Waals surface area (Å²) in [6, 6.07) is 17.9. The number of anilines is 1. The van der Waals surface area contributed by atoms with Crippen molar-refractivity contribution in [3.05, 3.63) is 82.9 Å². The maximum absolute atomic E-state index is 12.8. The lowest BCUT2D eigenvalue weighted by atomic mass is 10.2. The van der Waals surface area contributed by atoms with Gasteiger partial charge in [0.1, 0.15) is 0 Å². The smallest absolute Gasteiger partial charge is 0.262 e. The van der Waals surface area contributed by atoms with Gasteiger partial charge in [-0.2, -0.15) is 0 Å². The summed E-state index contributed by atoms with van der Waals surface area (Å²) < 4.78 is 39.2. The number of carbonyl (C=O) groups is 1. The predicted octanol–water partition coefficient (Wildman–Crippen LogP) is 4.23. The van der Waals surface area contributed by atoms with Gasteiger partial charge in [0.25, 0.3) is 15.9 Å². The number of hydrogen-bond acceptors (Lipinski definition) is 5. The molecule has 166 valence electrons. The highest BCUT2D eigenvalue weighted by atomic mass is 35.5. The summed E-state index contributed by atoms with van der Waals surface area (Å²) in [5, 5.41) is 3.37. The van der Waals surface area contributed by atoms with E-state index in [0.29, 0.717) is 41.0 Å². The van der Waals surface area contributed by atoms with E-state index in [9.17, 15) is 13.2 Å². The Hall–Kier alpha value is -3.23. The molecule has 1 aliphatic rings. The zero-order valence-electron chi connectivity index (χ0n) is 17.0. The number of nitrogens with one attached hydrogen (secondary N) is 2. The summed E-state index contributed by atoms with van der Waals surface area (Å²) in [7, 11) is -3.84. The van der Waals surface area contributed by atoms with Gasteiger partial charge in [-0.25, -0.2) is 8.42 Å². The Bertz CT molecular complexity index is 1230. The molecule has 0 atom stereocenters. The highest BCUT2D eigenvalue weighted by Crippen LogP contribution is 2.32. The molecule has 4 rings (SSSR count). The van der Waals surface area contributed by atoms with Crippen LogP contribution in [-0.4, -0.2) is 27.5 Å². The van der Waals surface area contributed by atoms with Gasteiger partial charge >= 0.3 is 0 Å². The predicted molar refractivity (Wildman–Crippen MR) is 122 cm³/mol.